The molecule has 3 unspecified atom stereocenters. The van der Waals surface area contributed by atoms with Crippen molar-refractivity contribution in [2.24, 2.45) is 5.92 Å². The van der Waals surface area contributed by atoms with Crippen LogP contribution in [0, 0.1) is 5.92 Å². The second-order valence-electron chi connectivity index (χ2n) is 3.58. The number of hydrogen-bond acceptors (Lipinski definition) is 1. The van der Waals surface area contributed by atoms with Crippen molar-refractivity contribution >= 4 is 0 Å². The van der Waals surface area contributed by atoms with Gasteiger partial charge in [-0.15, -0.1) is 0 Å². The van der Waals surface area contributed by atoms with E-state index < -0.39 is 12.3 Å². The van der Waals surface area contributed by atoms with Gasteiger partial charge < -0.3 is 5.11 Å². The minimum atomic E-state index is -1.03. The summed E-state index contributed by atoms with van der Waals surface area (Å²) in [5, 5.41) is 9.29. The molecule has 0 aromatic heterocycles. The predicted octanol–water partition coefficient (Wildman–Crippen LogP) is 2.92. The van der Waals surface area contributed by atoms with Crippen molar-refractivity contribution in [2.75, 3.05) is 0 Å². The molecule has 1 nitrogen and oxygen atoms in total. The van der Waals surface area contributed by atoms with Crippen LogP contribution < -0.4 is 0 Å². The maximum Gasteiger partial charge on any atom is 0.126 e. The van der Waals surface area contributed by atoms with Crippen LogP contribution in [0.1, 0.15) is 46.5 Å². The first kappa shape index (κ1) is 11.9. The molecule has 12 heavy (non-hydrogen) atoms. The maximum atomic E-state index is 12.8. The maximum absolute atomic E-state index is 12.8. The summed E-state index contributed by atoms with van der Waals surface area (Å²) in [6.45, 7) is 6.01. The standard InChI is InChI=1S/C10H21FO/c1-4-8(3)6-7-10(12)9(11)5-2/h8-10,12H,4-7H2,1-3H3. The van der Waals surface area contributed by atoms with Gasteiger partial charge >= 0.3 is 0 Å². The van der Waals surface area contributed by atoms with Gasteiger partial charge in [-0.05, 0) is 25.2 Å². The largest absolute Gasteiger partial charge is 0.390 e. The van der Waals surface area contributed by atoms with Crippen molar-refractivity contribution < 1.29 is 9.50 Å². The first-order valence-electron chi connectivity index (χ1n) is 4.93. The first-order valence-corrected chi connectivity index (χ1v) is 4.93. The zero-order valence-electron chi connectivity index (χ0n) is 8.39. The molecule has 0 spiro atoms. The lowest BCUT2D eigenvalue weighted by Crippen LogP contribution is -2.21. The average molecular weight is 176 g/mol. The van der Waals surface area contributed by atoms with Crippen molar-refractivity contribution in [3.05, 3.63) is 0 Å². The van der Waals surface area contributed by atoms with E-state index in [1.165, 1.54) is 0 Å². The molecule has 0 saturated heterocycles. The number of rotatable bonds is 6. The molecule has 0 radical (unpaired) electrons. The van der Waals surface area contributed by atoms with Crippen LogP contribution in [0.25, 0.3) is 0 Å². The van der Waals surface area contributed by atoms with Crippen LogP contribution in [-0.2, 0) is 0 Å². The van der Waals surface area contributed by atoms with Gasteiger partial charge in [-0.25, -0.2) is 4.39 Å². The summed E-state index contributed by atoms with van der Waals surface area (Å²) in [4.78, 5) is 0. The number of aliphatic hydroxyl groups is 1. The molecule has 74 valence electrons. The Morgan fingerprint density at radius 2 is 1.75 bits per heavy atom. The zero-order valence-corrected chi connectivity index (χ0v) is 8.39. The molecule has 0 aromatic rings. The molecular weight excluding hydrogens is 155 g/mol. The van der Waals surface area contributed by atoms with E-state index in [-0.39, 0.29) is 0 Å². The molecule has 0 fully saturated rings. The van der Waals surface area contributed by atoms with Gasteiger partial charge in [0.05, 0.1) is 6.10 Å². The lowest BCUT2D eigenvalue weighted by Gasteiger charge is -2.15. The van der Waals surface area contributed by atoms with Crippen molar-refractivity contribution in [3.63, 3.8) is 0 Å². The van der Waals surface area contributed by atoms with Gasteiger partial charge in [0, 0.05) is 0 Å². The van der Waals surface area contributed by atoms with E-state index in [2.05, 4.69) is 13.8 Å². The average Bonchev–Trinajstić information content (AvgIpc) is 2.11. The monoisotopic (exact) mass is 176 g/mol. The second kappa shape index (κ2) is 6.41. The summed E-state index contributed by atoms with van der Waals surface area (Å²) < 4.78 is 12.8. The predicted molar refractivity (Wildman–Crippen MR) is 49.9 cm³/mol. The zero-order chi connectivity index (χ0) is 9.56. The van der Waals surface area contributed by atoms with E-state index in [0.29, 0.717) is 18.8 Å². The van der Waals surface area contributed by atoms with Crippen LogP contribution in [0.2, 0.25) is 0 Å². The quantitative estimate of drug-likeness (QED) is 0.659. The third kappa shape index (κ3) is 4.70. The van der Waals surface area contributed by atoms with Crippen LogP contribution in [0.5, 0.6) is 0 Å². The van der Waals surface area contributed by atoms with E-state index >= 15 is 0 Å². The van der Waals surface area contributed by atoms with Crippen molar-refractivity contribution in [2.45, 2.75) is 58.7 Å². The summed E-state index contributed by atoms with van der Waals surface area (Å²) in [6, 6.07) is 0. The molecule has 1 N–H and O–H groups in total. The molecule has 0 aromatic carbocycles. The molecule has 0 bridgehead atoms. The normalized spacial score (nSPS) is 18.8. The van der Waals surface area contributed by atoms with Crippen LogP contribution in [-0.4, -0.2) is 17.4 Å². The summed E-state index contributed by atoms with van der Waals surface area (Å²) >= 11 is 0. The third-order valence-electron chi connectivity index (χ3n) is 2.46. The first-order chi connectivity index (χ1) is 5.61. The molecule has 3 atom stereocenters. The highest BCUT2D eigenvalue weighted by Crippen LogP contribution is 2.15. The third-order valence-corrected chi connectivity index (χ3v) is 2.46. The Hall–Kier alpha value is -0.110. The Kier molecular flexibility index (Phi) is 6.35. The van der Waals surface area contributed by atoms with Crippen molar-refractivity contribution in [1.82, 2.24) is 0 Å². The minimum Gasteiger partial charge on any atom is -0.390 e. The fourth-order valence-corrected chi connectivity index (χ4v) is 1.11. The van der Waals surface area contributed by atoms with Gasteiger partial charge in [-0.1, -0.05) is 27.2 Å². The van der Waals surface area contributed by atoms with E-state index in [4.69, 9.17) is 0 Å². The number of alkyl halides is 1. The van der Waals surface area contributed by atoms with Gasteiger partial charge in [0.1, 0.15) is 6.17 Å². The smallest absolute Gasteiger partial charge is 0.126 e. The molecular formula is C10H21FO. The van der Waals surface area contributed by atoms with Crippen molar-refractivity contribution in [3.8, 4) is 0 Å². The minimum absolute atomic E-state index is 0.418. The number of aliphatic hydroxyl groups excluding tert-OH is 1. The highest BCUT2D eigenvalue weighted by atomic mass is 19.1. The topological polar surface area (TPSA) is 20.2 Å². The fourth-order valence-electron chi connectivity index (χ4n) is 1.11. The van der Waals surface area contributed by atoms with Gasteiger partial charge in [0.2, 0.25) is 0 Å². The lowest BCUT2D eigenvalue weighted by atomic mass is 9.98. The van der Waals surface area contributed by atoms with Crippen LogP contribution >= 0.6 is 0 Å². The fraction of sp³-hybridized carbons (Fsp3) is 1.00. The Morgan fingerprint density at radius 1 is 1.17 bits per heavy atom. The Balaban J connectivity index is 3.49. The lowest BCUT2D eigenvalue weighted by molar-refractivity contribution is 0.0634. The highest BCUT2D eigenvalue weighted by Gasteiger charge is 2.16. The van der Waals surface area contributed by atoms with Crippen LogP contribution in [0.4, 0.5) is 4.39 Å². The number of halogens is 1. The van der Waals surface area contributed by atoms with Crippen LogP contribution in [0.15, 0.2) is 0 Å². The van der Waals surface area contributed by atoms with E-state index in [1.54, 1.807) is 6.92 Å². The Labute approximate surface area is 75.0 Å². The Bertz CT molecular complexity index is 106. The molecule has 2 heteroatoms. The van der Waals surface area contributed by atoms with E-state index in [9.17, 15) is 9.50 Å². The number of hydrogen-bond donors (Lipinski definition) is 1. The Morgan fingerprint density at radius 3 is 2.17 bits per heavy atom. The summed E-state index contributed by atoms with van der Waals surface area (Å²) in [7, 11) is 0. The van der Waals surface area contributed by atoms with Crippen molar-refractivity contribution in [1.29, 1.82) is 0 Å². The summed E-state index contributed by atoms with van der Waals surface area (Å²) in [6.07, 6.45) is 1.28. The molecule has 0 rings (SSSR count). The van der Waals surface area contributed by atoms with Gasteiger partial charge in [-0.3, -0.25) is 0 Å². The second-order valence-corrected chi connectivity index (χ2v) is 3.58. The summed E-state index contributed by atoms with van der Waals surface area (Å²) in [5.41, 5.74) is 0. The van der Waals surface area contributed by atoms with Gasteiger partial charge in [0.25, 0.3) is 0 Å². The SMILES string of the molecule is CCC(C)CCC(O)C(F)CC. The molecule has 0 aliphatic carbocycles. The molecule has 0 heterocycles. The molecule has 0 aliphatic heterocycles. The molecule has 0 aliphatic rings. The highest BCUT2D eigenvalue weighted by molar-refractivity contribution is 4.67. The van der Waals surface area contributed by atoms with Gasteiger partial charge in [-0.2, -0.15) is 0 Å². The summed E-state index contributed by atoms with van der Waals surface area (Å²) in [5.74, 6) is 0.601. The van der Waals surface area contributed by atoms with E-state index in [1.807, 2.05) is 0 Å². The van der Waals surface area contributed by atoms with E-state index in [0.717, 1.165) is 12.8 Å². The molecule has 0 saturated carbocycles. The molecule has 0 amide bonds. The van der Waals surface area contributed by atoms with Gasteiger partial charge in [0.15, 0.2) is 0 Å². The van der Waals surface area contributed by atoms with Crippen LogP contribution in [0.3, 0.4) is 0 Å².